The standard InChI is InChI=1S/C14H25BN2O3/c1-10(2)12(18)9-17-8-11(7-16-17)15-19-13(3,4)14(5,6)20-15/h7-8,10,12,18H,9H2,1-6H3/p+1. The molecular weight excluding hydrogens is 255 g/mol. The predicted octanol–water partition coefficient (Wildman–Crippen LogP) is 0.618. The summed E-state index contributed by atoms with van der Waals surface area (Å²) < 4.78 is 13.9. The summed E-state index contributed by atoms with van der Waals surface area (Å²) in [6.07, 6.45) is 3.44. The molecule has 0 bridgehead atoms. The molecule has 2 N–H and O–H groups in total. The maximum Gasteiger partial charge on any atom is 0.502 e. The van der Waals surface area contributed by atoms with Gasteiger partial charge in [-0.15, -0.1) is 4.68 Å². The molecule has 112 valence electrons. The lowest BCUT2D eigenvalue weighted by Crippen LogP contribution is -2.44. The number of nitrogens with zero attached hydrogens (tertiary/aromatic N) is 1. The van der Waals surface area contributed by atoms with Gasteiger partial charge in [0.25, 0.3) is 0 Å². The number of aliphatic hydroxyl groups excluding tert-OH is 1. The van der Waals surface area contributed by atoms with E-state index in [1.807, 2.05) is 58.6 Å². The number of rotatable bonds is 4. The van der Waals surface area contributed by atoms with Gasteiger partial charge in [0.1, 0.15) is 6.10 Å². The van der Waals surface area contributed by atoms with Crippen LogP contribution in [-0.2, 0) is 15.9 Å². The summed E-state index contributed by atoms with van der Waals surface area (Å²) in [6.45, 7) is 12.7. The Hall–Kier alpha value is -0.845. The molecule has 1 atom stereocenters. The molecule has 2 heterocycles. The number of aromatic nitrogens is 2. The zero-order valence-corrected chi connectivity index (χ0v) is 13.3. The highest BCUT2D eigenvalue weighted by molar-refractivity contribution is 6.61. The Morgan fingerprint density at radius 3 is 2.30 bits per heavy atom. The lowest BCUT2D eigenvalue weighted by molar-refractivity contribution is -0.756. The van der Waals surface area contributed by atoms with Crippen LogP contribution < -0.4 is 10.1 Å². The Balaban J connectivity index is 2.07. The minimum absolute atomic E-state index is 0.228. The second-order valence-corrected chi connectivity index (χ2v) is 6.95. The second kappa shape index (κ2) is 5.17. The van der Waals surface area contributed by atoms with Crippen LogP contribution in [0.1, 0.15) is 41.5 Å². The van der Waals surface area contributed by atoms with Crippen molar-refractivity contribution in [1.29, 1.82) is 0 Å². The van der Waals surface area contributed by atoms with Crippen molar-refractivity contribution >= 4 is 12.6 Å². The first-order valence-corrected chi connectivity index (χ1v) is 7.24. The van der Waals surface area contributed by atoms with E-state index in [0.717, 1.165) is 5.46 Å². The molecule has 0 aromatic carbocycles. The average Bonchev–Trinajstić information content (AvgIpc) is 2.82. The van der Waals surface area contributed by atoms with Crippen molar-refractivity contribution in [3.63, 3.8) is 0 Å². The van der Waals surface area contributed by atoms with Gasteiger partial charge in [0.05, 0.1) is 22.9 Å². The lowest BCUT2D eigenvalue weighted by Gasteiger charge is -2.32. The summed E-state index contributed by atoms with van der Waals surface area (Å²) in [5, 5.41) is 13.0. The zero-order chi connectivity index (χ0) is 15.1. The Kier molecular flexibility index (Phi) is 4.02. The number of hydrogen-bond acceptors (Lipinski definition) is 3. The Morgan fingerprint density at radius 2 is 1.80 bits per heavy atom. The molecule has 0 spiro atoms. The van der Waals surface area contributed by atoms with Crippen molar-refractivity contribution in [2.75, 3.05) is 0 Å². The molecule has 1 aromatic rings. The van der Waals surface area contributed by atoms with Gasteiger partial charge in [0.15, 0.2) is 12.7 Å². The summed E-state index contributed by atoms with van der Waals surface area (Å²) in [7, 11) is -0.367. The van der Waals surface area contributed by atoms with Gasteiger partial charge in [0, 0.05) is 0 Å². The third kappa shape index (κ3) is 2.92. The van der Waals surface area contributed by atoms with Gasteiger partial charge in [-0.1, -0.05) is 13.8 Å². The number of hydrogen-bond donors (Lipinski definition) is 2. The van der Waals surface area contributed by atoms with Crippen molar-refractivity contribution < 1.29 is 19.1 Å². The molecule has 0 saturated carbocycles. The molecule has 1 unspecified atom stereocenters. The largest absolute Gasteiger partial charge is 0.502 e. The van der Waals surface area contributed by atoms with Crippen molar-refractivity contribution in [2.24, 2.45) is 5.92 Å². The molecule has 2 rings (SSSR count). The summed E-state index contributed by atoms with van der Waals surface area (Å²) in [4.78, 5) is 0. The van der Waals surface area contributed by atoms with Crippen molar-refractivity contribution in [2.45, 2.75) is 65.4 Å². The summed E-state index contributed by atoms with van der Waals surface area (Å²) in [5.41, 5.74) is 0.272. The highest BCUT2D eigenvalue weighted by atomic mass is 16.7. The number of aliphatic hydroxyl groups is 1. The van der Waals surface area contributed by atoms with Gasteiger partial charge in [-0.05, 0) is 33.6 Å². The van der Waals surface area contributed by atoms with Crippen LogP contribution in [0.2, 0.25) is 0 Å². The van der Waals surface area contributed by atoms with Crippen molar-refractivity contribution in [1.82, 2.24) is 5.10 Å². The smallest absolute Gasteiger partial charge is 0.399 e. The minimum atomic E-state index is -0.371. The van der Waals surface area contributed by atoms with Gasteiger partial charge in [-0.3, -0.25) is 0 Å². The van der Waals surface area contributed by atoms with Gasteiger partial charge in [-0.25, -0.2) is 0 Å². The molecule has 0 radical (unpaired) electrons. The van der Waals surface area contributed by atoms with Crippen molar-refractivity contribution in [3.05, 3.63) is 12.4 Å². The van der Waals surface area contributed by atoms with Crippen LogP contribution in [0.15, 0.2) is 12.4 Å². The molecule has 1 aliphatic rings. The molecule has 1 fully saturated rings. The first-order valence-electron chi connectivity index (χ1n) is 7.24. The van der Waals surface area contributed by atoms with E-state index in [2.05, 4.69) is 5.10 Å². The SMILES string of the molecule is CC(C)C(O)C[n+]1cc(B2OC(C)(C)C(C)(C)O2)c[nH]1. The van der Waals surface area contributed by atoms with Crippen LogP contribution in [-0.4, -0.2) is 34.6 Å². The molecule has 5 nitrogen and oxygen atoms in total. The number of nitrogens with one attached hydrogen (secondary N) is 1. The molecule has 20 heavy (non-hydrogen) atoms. The summed E-state index contributed by atoms with van der Waals surface area (Å²) >= 11 is 0. The van der Waals surface area contributed by atoms with Crippen LogP contribution >= 0.6 is 0 Å². The van der Waals surface area contributed by atoms with Crippen LogP contribution in [0.5, 0.6) is 0 Å². The molecule has 0 aliphatic carbocycles. The normalized spacial score (nSPS) is 22.5. The fourth-order valence-electron chi connectivity index (χ4n) is 2.04. The fraction of sp³-hybridized carbons (Fsp3) is 0.786. The minimum Gasteiger partial charge on any atom is -0.399 e. The van der Waals surface area contributed by atoms with E-state index >= 15 is 0 Å². The highest BCUT2D eigenvalue weighted by Gasteiger charge is 2.52. The topological polar surface area (TPSA) is 58.4 Å². The van der Waals surface area contributed by atoms with Crippen LogP contribution in [0.3, 0.4) is 0 Å². The Morgan fingerprint density at radius 1 is 1.25 bits per heavy atom. The van der Waals surface area contributed by atoms with Gasteiger partial charge < -0.3 is 14.4 Å². The Labute approximate surface area is 121 Å². The lowest BCUT2D eigenvalue weighted by atomic mass is 9.82. The monoisotopic (exact) mass is 281 g/mol. The van der Waals surface area contributed by atoms with Gasteiger partial charge >= 0.3 is 7.12 Å². The van der Waals surface area contributed by atoms with Gasteiger partial charge in [-0.2, -0.15) is 5.10 Å². The molecule has 1 aliphatic heterocycles. The van der Waals surface area contributed by atoms with Crippen LogP contribution in [0.25, 0.3) is 0 Å². The van der Waals surface area contributed by atoms with Crippen LogP contribution in [0.4, 0.5) is 0 Å². The number of aromatic amines is 1. The summed E-state index contributed by atoms with van der Waals surface area (Å²) in [5.74, 6) is 0.228. The van der Waals surface area contributed by atoms with Gasteiger partial charge in [0.2, 0.25) is 0 Å². The molecular formula is C14H26BN2O3+. The average molecular weight is 281 g/mol. The zero-order valence-electron chi connectivity index (χ0n) is 13.3. The summed E-state index contributed by atoms with van der Waals surface area (Å²) in [6, 6.07) is 0. The first kappa shape index (κ1) is 15.5. The third-order valence-electron chi connectivity index (χ3n) is 4.38. The molecule has 1 aromatic heterocycles. The Bertz CT molecular complexity index is 455. The van der Waals surface area contributed by atoms with Crippen LogP contribution in [0, 0.1) is 5.92 Å². The predicted molar refractivity (Wildman–Crippen MR) is 77.5 cm³/mol. The van der Waals surface area contributed by atoms with E-state index in [1.165, 1.54) is 0 Å². The third-order valence-corrected chi connectivity index (χ3v) is 4.38. The van der Waals surface area contributed by atoms with Crippen molar-refractivity contribution in [3.8, 4) is 0 Å². The quantitative estimate of drug-likeness (QED) is 0.628. The molecule has 1 saturated heterocycles. The second-order valence-electron chi connectivity index (χ2n) is 6.95. The van der Waals surface area contributed by atoms with E-state index in [-0.39, 0.29) is 30.3 Å². The maximum absolute atomic E-state index is 9.92. The highest BCUT2D eigenvalue weighted by Crippen LogP contribution is 2.36. The maximum atomic E-state index is 9.92. The molecule has 6 heteroatoms. The van der Waals surface area contributed by atoms with E-state index in [4.69, 9.17) is 9.31 Å². The van der Waals surface area contributed by atoms with E-state index in [1.54, 1.807) is 0 Å². The first-order chi connectivity index (χ1) is 9.12. The molecule has 0 amide bonds. The van der Waals surface area contributed by atoms with E-state index in [9.17, 15) is 5.11 Å². The fourth-order valence-corrected chi connectivity index (χ4v) is 2.04. The van der Waals surface area contributed by atoms with E-state index in [0.29, 0.717) is 6.54 Å². The van der Waals surface area contributed by atoms with E-state index < -0.39 is 0 Å². The number of H-pyrrole nitrogens is 1.